The summed E-state index contributed by atoms with van der Waals surface area (Å²) in [5.74, 6) is -0.527. The number of halogens is 3. The molecule has 1 atom stereocenters. The van der Waals surface area contributed by atoms with Gasteiger partial charge in [0.15, 0.2) is 5.16 Å². The van der Waals surface area contributed by atoms with E-state index in [0.29, 0.717) is 22.5 Å². The minimum absolute atomic E-state index is 0.0245. The quantitative estimate of drug-likeness (QED) is 0.420. The normalized spacial score (nSPS) is 12.7. The molecule has 3 aromatic rings. The van der Waals surface area contributed by atoms with Crippen molar-refractivity contribution in [3.05, 3.63) is 64.4 Å². The number of hydrogen-bond donors (Lipinski definition) is 2. The Morgan fingerprint density at radius 3 is 2.68 bits per heavy atom. The lowest BCUT2D eigenvalue weighted by Crippen LogP contribution is -2.27. The van der Waals surface area contributed by atoms with Crippen LogP contribution in [0.2, 0.25) is 0 Å². The minimum Gasteiger partial charge on any atom is -0.396 e. The highest BCUT2D eigenvalue weighted by molar-refractivity contribution is 8.00. The predicted molar refractivity (Wildman–Crippen MR) is 113 cm³/mol. The van der Waals surface area contributed by atoms with E-state index in [4.69, 9.17) is 5.11 Å². The van der Waals surface area contributed by atoms with Gasteiger partial charge in [0, 0.05) is 18.8 Å². The monoisotopic (exact) mass is 451 g/mol. The van der Waals surface area contributed by atoms with Crippen LogP contribution in [-0.4, -0.2) is 32.4 Å². The van der Waals surface area contributed by atoms with Crippen molar-refractivity contribution in [3.8, 4) is 0 Å². The smallest absolute Gasteiger partial charge is 0.396 e. The highest BCUT2D eigenvalue weighted by Crippen LogP contribution is 2.31. The molecule has 164 valence electrons. The molecule has 0 bridgehead atoms. The van der Waals surface area contributed by atoms with Crippen molar-refractivity contribution >= 4 is 34.3 Å². The SMILES string of the molecule is CC(Sc1nc2ccccc2c(=O)n1CCCO)C(=O)Nc1cccc(C(F)(F)F)c1. The van der Waals surface area contributed by atoms with Crippen LogP contribution in [0.5, 0.6) is 0 Å². The number of thioether (sulfide) groups is 1. The number of rotatable bonds is 7. The number of amides is 1. The van der Waals surface area contributed by atoms with Gasteiger partial charge in [-0.25, -0.2) is 4.98 Å². The van der Waals surface area contributed by atoms with E-state index in [-0.39, 0.29) is 24.4 Å². The maximum absolute atomic E-state index is 12.9. The molecule has 1 unspecified atom stereocenters. The molecule has 0 saturated heterocycles. The van der Waals surface area contributed by atoms with Crippen LogP contribution in [0.3, 0.4) is 0 Å². The second-order valence-electron chi connectivity index (χ2n) is 6.77. The summed E-state index contributed by atoms with van der Waals surface area (Å²) in [6.45, 7) is 1.68. The second-order valence-corrected chi connectivity index (χ2v) is 8.08. The van der Waals surface area contributed by atoms with Crippen molar-refractivity contribution in [2.75, 3.05) is 11.9 Å². The molecule has 0 aliphatic heterocycles. The van der Waals surface area contributed by atoms with Crippen LogP contribution < -0.4 is 10.9 Å². The van der Waals surface area contributed by atoms with Crippen molar-refractivity contribution in [2.45, 2.75) is 36.5 Å². The molecule has 0 radical (unpaired) electrons. The number of carbonyl (C=O) groups is 1. The summed E-state index contributed by atoms with van der Waals surface area (Å²) in [6.07, 6.45) is -4.18. The summed E-state index contributed by atoms with van der Waals surface area (Å²) in [7, 11) is 0. The molecule has 10 heteroatoms. The van der Waals surface area contributed by atoms with Crippen LogP contribution in [0.1, 0.15) is 18.9 Å². The fraction of sp³-hybridized carbons (Fsp3) is 0.286. The summed E-state index contributed by atoms with van der Waals surface area (Å²) in [5.41, 5.74) is -0.649. The largest absolute Gasteiger partial charge is 0.416 e. The topological polar surface area (TPSA) is 84.2 Å². The van der Waals surface area contributed by atoms with Gasteiger partial charge in [0.1, 0.15) is 0 Å². The van der Waals surface area contributed by atoms with Gasteiger partial charge in [-0.3, -0.25) is 14.2 Å². The van der Waals surface area contributed by atoms with E-state index in [0.717, 1.165) is 23.9 Å². The molecule has 0 saturated carbocycles. The highest BCUT2D eigenvalue weighted by atomic mass is 32.2. The summed E-state index contributed by atoms with van der Waals surface area (Å²) in [4.78, 5) is 29.9. The van der Waals surface area contributed by atoms with E-state index < -0.39 is 22.9 Å². The maximum Gasteiger partial charge on any atom is 0.416 e. The Hall–Kier alpha value is -2.85. The van der Waals surface area contributed by atoms with Crippen LogP contribution in [0.15, 0.2) is 58.5 Å². The number of hydrogen-bond acceptors (Lipinski definition) is 5. The number of nitrogens with one attached hydrogen (secondary N) is 1. The minimum atomic E-state index is -4.51. The Morgan fingerprint density at radius 1 is 1.23 bits per heavy atom. The van der Waals surface area contributed by atoms with Gasteiger partial charge >= 0.3 is 6.18 Å². The van der Waals surface area contributed by atoms with Crippen LogP contribution in [0.25, 0.3) is 10.9 Å². The van der Waals surface area contributed by atoms with E-state index in [2.05, 4.69) is 10.3 Å². The zero-order valence-electron chi connectivity index (χ0n) is 16.5. The first-order chi connectivity index (χ1) is 14.7. The number of carbonyl (C=O) groups excluding carboxylic acids is 1. The number of aliphatic hydroxyl groups excluding tert-OH is 1. The first-order valence-electron chi connectivity index (χ1n) is 9.46. The fourth-order valence-corrected chi connectivity index (χ4v) is 3.83. The lowest BCUT2D eigenvalue weighted by Gasteiger charge is -2.16. The molecule has 0 aliphatic rings. The van der Waals surface area contributed by atoms with Gasteiger partial charge in [0.25, 0.3) is 5.56 Å². The van der Waals surface area contributed by atoms with Crippen molar-refractivity contribution in [1.82, 2.24) is 9.55 Å². The van der Waals surface area contributed by atoms with Crippen molar-refractivity contribution < 1.29 is 23.1 Å². The van der Waals surface area contributed by atoms with E-state index in [9.17, 15) is 22.8 Å². The van der Waals surface area contributed by atoms with E-state index >= 15 is 0 Å². The van der Waals surface area contributed by atoms with Gasteiger partial charge in [-0.15, -0.1) is 0 Å². The van der Waals surface area contributed by atoms with Gasteiger partial charge in [-0.2, -0.15) is 13.2 Å². The zero-order valence-corrected chi connectivity index (χ0v) is 17.3. The fourth-order valence-electron chi connectivity index (χ4n) is 2.89. The molecule has 1 amide bonds. The number of nitrogens with zero attached hydrogens (tertiary/aromatic N) is 2. The molecule has 2 N–H and O–H groups in total. The third kappa shape index (κ3) is 5.45. The van der Waals surface area contributed by atoms with Crippen LogP contribution in [0, 0.1) is 0 Å². The summed E-state index contributed by atoms with van der Waals surface area (Å²) in [5, 5.41) is 11.6. The number of benzene rings is 2. The second kappa shape index (κ2) is 9.52. The van der Waals surface area contributed by atoms with Gasteiger partial charge in [-0.1, -0.05) is 30.0 Å². The van der Waals surface area contributed by atoms with Crippen molar-refractivity contribution in [3.63, 3.8) is 0 Å². The molecule has 31 heavy (non-hydrogen) atoms. The first-order valence-corrected chi connectivity index (χ1v) is 10.3. The molecular weight excluding hydrogens is 431 g/mol. The van der Waals surface area contributed by atoms with Crippen LogP contribution in [0.4, 0.5) is 18.9 Å². The molecule has 2 aromatic carbocycles. The number of alkyl halides is 3. The van der Waals surface area contributed by atoms with E-state index in [1.807, 2.05) is 0 Å². The van der Waals surface area contributed by atoms with Crippen LogP contribution in [-0.2, 0) is 17.5 Å². The van der Waals surface area contributed by atoms with E-state index in [1.165, 1.54) is 16.7 Å². The molecule has 0 fully saturated rings. The standard InChI is InChI=1S/C21H20F3N3O3S/c1-13(18(29)25-15-7-4-6-14(12-15)21(22,23)24)31-20-26-17-9-3-2-8-16(17)19(30)27(20)10-5-11-28/h2-4,6-9,12-13,28H,5,10-11H2,1H3,(H,25,29). The Morgan fingerprint density at radius 2 is 1.97 bits per heavy atom. The molecule has 1 aromatic heterocycles. The molecule has 0 spiro atoms. The Labute approximate surface area is 180 Å². The zero-order chi connectivity index (χ0) is 22.6. The number of para-hydroxylation sites is 1. The Balaban J connectivity index is 1.84. The molecule has 1 heterocycles. The Bertz CT molecular complexity index is 1150. The maximum atomic E-state index is 12.9. The lowest BCUT2D eigenvalue weighted by atomic mass is 10.2. The average Bonchev–Trinajstić information content (AvgIpc) is 2.73. The van der Waals surface area contributed by atoms with Gasteiger partial charge in [0.05, 0.1) is 21.7 Å². The van der Waals surface area contributed by atoms with Crippen LogP contribution >= 0.6 is 11.8 Å². The molecule has 0 aliphatic carbocycles. The lowest BCUT2D eigenvalue weighted by molar-refractivity contribution is -0.137. The van der Waals surface area contributed by atoms with E-state index in [1.54, 1.807) is 31.2 Å². The third-order valence-electron chi connectivity index (χ3n) is 4.48. The van der Waals surface area contributed by atoms with Gasteiger partial charge < -0.3 is 10.4 Å². The number of aromatic nitrogens is 2. The number of aliphatic hydroxyl groups is 1. The molecule has 3 rings (SSSR count). The van der Waals surface area contributed by atoms with Gasteiger partial charge in [0.2, 0.25) is 5.91 Å². The molecule has 6 nitrogen and oxygen atoms in total. The Kier molecular flexibility index (Phi) is 7.01. The average molecular weight is 451 g/mol. The third-order valence-corrected chi connectivity index (χ3v) is 5.57. The molecular formula is C21H20F3N3O3S. The van der Waals surface area contributed by atoms with Gasteiger partial charge in [-0.05, 0) is 43.7 Å². The summed E-state index contributed by atoms with van der Waals surface area (Å²) >= 11 is 1.02. The van der Waals surface area contributed by atoms with Crippen molar-refractivity contribution in [2.24, 2.45) is 0 Å². The predicted octanol–water partition coefficient (Wildman–Crippen LogP) is 3.92. The first kappa shape index (κ1) is 22.8. The van der Waals surface area contributed by atoms with Crippen molar-refractivity contribution in [1.29, 1.82) is 0 Å². The highest BCUT2D eigenvalue weighted by Gasteiger charge is 2.30. The summed E-state index contributed by atoms with van der Waals surface area (Å²) < 4.78 is 40.1. The number of anilines is 1. The summed E-state index contributed by atoms with van der Waals surface area (Å²) in [6, 6.07) is 11.2. The number of fused-ring (bicyclic) bond motifs is 1.